The van der Waals surface area contributed by atoms with E-state index in [1.165, 1.54) is 24.3 Å². The van der Waals surface area contributed by atoms with Gasteiger partial charge in [-0.05, 0) is 54.5 Å². The fourth-order valence-electron chi connectivity index (χ4n) is 2.37. The zero-order chi connectivity index (χ0) is 21.3. The quantitative estimate of drug-likeness (QED) is 0.475. The second-order valence-corrected chi connectivity index (χ2v) is 7.43. The topological polar surface area (TPSA) is 87.9 Å². The summed E-state index contributed by atoms with van der Waals surface area (Å²) in [5.41, 5.74) is 1.25. The molecule has 0 atom stereocenters. The Labute approximate surface area is 181 Å². The monoisotopic (exact) mass is 442 g/mol. The molecule has 1 N–H and O–H groups in total. The SMILES string of the molecule is N#CCCCOc1cccc(/C=C(\Cl)c2nnc(C(=O)Nc3ccc(F)cc3)s2)c1. The summed E-state index contributed by atoms with van der Waals surface area (Å²) in [5.74, 6) is -0.176. The van der Waals surface area contributed by atoms with Gasteiger partial charge in [-0.1, -0.05) is 35.1 Å². The second kappa shape index (κ2) is 10.5. The highest BCUT2D eigenvalue weighted by Gasteiger charge is 2.15. The molecule has 9 heteroatoms. The number of carbonyl (C=O) groups is 1. The lowest BCUT2D eigenvalue weighted by Crippen LogP contribution is -2.11. The first-order valence-electron chi connectivity index (χ1n) is 8.93. The van der Waals surface area contributed by atoms with Gasteiger partial charge >= 0.3 is 0 Å². The molecule has 0 unspecified atom stereocenters. The summed E-state index contributed by atoms with van der Waals surface area (Å²) in [6, 6.07) is 14.8. The van der Waals surface area contributed by atoms with E-state index in [1.54, 1.807) is 6.08 Å². The Morgan fingerprint density at radius 2 is 2.00 bits per heavy atom. The van der Waals surface area contributed by atoms with Gasteiger partial charge in [0.25, 0.3) is 5.91 Å². The van der Waals surface area contributed by atoms with Gasteiger partial charge in [-0.3, -0.25) is 4.79 Å². The van der Waals surface area contributed by atoms with Crippen LogP contribution in [-0.2, 0) is 0 Å². The number of benzene rings is 2. The van der Waals surface area contributed by atoms with Crippen LogP contribution in [0.25, 0.3) is 11.1 Å². The molecule has 0 aliphatic heterocycles. The summed E-state index contributed by atoms with van der Waals surface area (Å²) >= 11 is 7.40. The third-order valence-electron chi connectivity index (χ3n) is 3.78. The Morgan fingerprint density at radius 3 is 2.77 bits per heavy atom. The van der Waals surface area contributed by atoms with Gasteiger partial charge in [0.2, 0.25) is 5.01 Å². The number of ether oxygens (including phenoxy) is 1. The van der Waals surface area contributed by atoms with Gasteiger partial charge in [0, 0.05) is 12.1 Å². The van der Waals surface area contributed by atoms with E-state index < -0.39 is 5.91 Å². The summed E-state index contributed by atoms with van der Waals surface area (Å²) in [5, 5.41) is 19.9. The van der Waals surface area contributed by atoms with E-state index in [0.717, 1.165) is 16.9 Å². The number of carbonyl (C=O) groups excluding carboxylic acids is 1. The Morgan fingerprint density at radius 1 is 1.23 bits per heavy atom. The van der Waals surface area contributed by atoms with Crippen molar-refractivity contribution in [1.29, 1.82) is 5.26 Å². The van der Waals surface area contributed by atoms with Gasteiger partial charge in [-0.15, -0.1) is 10.2 Å². The summed E-state index contributed by atoms with van der Waals surface area (Å²) < 4.78 is 18.6. The fraction of sp³-hybridized carbons (Fsp3) is 0.143. The molecule has 2 aromatic carbocycles. The number of hydrogen-bond donors (Lipinski definition) is 1. The van der Waals surface area contributed by atoms with Crippen LogP contribution in [0.3, 0.4) is 0 Å². The van der Waals surface area contributed by atoms with Crippen LogP contribution in [0.1, 0.15) is 33.2 Å². The number of nitrogens with one attached hydrogen (secondary N) is 1. The lowest BCUT2D eigenvalue weighted by Gasteiger charge is -2.05. The highest BCUT2D eigenvalue weighted by Crippen LogP contribution is 2.27. The van der Waals surface area contributed by atoms with Crippen LogP contribution in [0.2, 0.25) is 0 Å². The minimum Gasteiger partial charge on any atom is -0.494 e. The van der Waals surface area contributed by atoms with Gasteiger partial charge in [0.05, 0.1) is 17.7 Å². The normalized spacial score (nSPS) is 11.0. The van der Waals surface area contributed by atoms with Crippen LogP contribution in [0.5, 0.6) is 5.75 Å². The number of nitriles is 1. The molecule has 1 amide bonds. The molecule has 0 saturated heterocycles. The van der Waals surface area contributed by atoms with Crippen molar-refractivity contribution in [1.82, 2.24) is 10.2 Å². The third kappa shape index (κ3) is 6.11. The molecule has 1 aromatic heterocycles. The van der Waals surface area contributed by atoms with Gasteiger partial charge in [-0.25, -0.2) is 4.39 Å². The summed E-state index contributed by atoms with van der Waals surface area (Å²) in [7, 11) is 0. The minimum absolute atomic E-state index is 0.135. The number of nitrogens with zero attached hydrogens (tertiary/aromatic N) is 3. The van der Waals surface area contributed by atoms with Crippen molar-refractivity contribution in [2.45, 2.75) is 12.8 Å². The largest absolute Gasteiger partial charge is 0.494 e. The van der Waals surface area contributed by atoms with Crippen molar-refractivity contribution < 1.29 is 13.9 Å². The maximum atomic E-state index is 13.0. The number of rotatable bonds is 8. The van der Waals surface area contributed by atoms with Crippen molar-refractivity contribution >= 4 is 45.6 Å². The van der Waals surface area contributed by atoms with Crippen LogP contribution in [0.15, 0.2) is 48.5 Å². The number of hydrogen-bond acceptors (Lipinski definition) is 6. The van der Waals surface area contributed by atoms with Crippen molar-refractivity contribution in [3.05, 3.63) is 69.9 Å². The maximum Gasteiger partial charge on any atom is 0.286 e. The third-order valence-corrected chi connectivity index (χ3v) is 5.13. The molecular formula is C21H16ClFN4O2S. The van der Waals surface area contributed by atoms with E-state index in [1.807, 2.05) is 24.3 Å². The van der Waals surface area contributed by atoms with E-state index in [2.05, 4.69) is 21.6 Å². The van der Waals surface area contributed by atoms with Crippen LogP contribution in [0, 0.1) is 17.1 Å². The van der Waals surface area contributed by atoms with E-state index in [4.69, 9.17) is 21.6 Å². The molecule has 152 valence electrons. The van der Waals surface area contributed by atoms with Crippen molar-refractivity contribution in [2.75, 3.05) is 11.9 Å². The number of unbranched alkanes of at least 4 members (excludes halogenated alkanes) is 1. The standard InChI is InChI=1S/C21H16ClFN4O2S/c22-18(13-14-4-3-5-17(12-14)29-11-2-1-10-24)20-26-27-21(30-20)19(28)25-16-8-6-15(23)7-9-16/h3-9,12-13H,1-2,11H2,(H,25,28)/b18-13-. The van der Waals surface area contributed by atoms with Gasteiger partial charge in [-0.2, -0.15) is 5.26 Å². The molecule has 0 bridgehead atoms. The first kappa shape index (κ1) is 21.4. The molecular weight excluding hydrogens is 427 g/mol. The highest BCUT2D eigenvalue weighted by atomic mass is 35.5. The summed E-state index contributed by atoms with van der Waals surface area (Å²) in [4.78, 5) is 12.3. The Hall–Kier alpha value is -3.28. The van der Waals surface area contributed by atoms with E-state index in [9.17, 15) is 9.18 Å². The molecule has 0 spiro atoms. The zero-order valence-corrected chi connectivity index (χ0v) is 17.2. The Balaban J connectivity index is 1.66. The molecule has 0 aliphatic carbocycles. The summed E-state index contributed by atoms with van der Waals surface area (Å²) in [6.07, 6.45) is 2.80. The molecule has 0 saturated carbocycles. The van der Waals surface area contributed by atoms with Crippen LogP contribution < -0.4 is 10.1 Å². The molecule has 1 heterocycles. The van der Waals surface area contributed by atoms with Crippen LogP contribution >= 0.6 is 22.9 Å². The zero-order valence-electron chi connectivity index (χ0n) is 15.6. The molecule has 30 heavy (non-hydrogen) atoms. The van der Waals surface area contributed by atoms with Gasteiger partial charge < -0.3 is 10.1 Å². The average molecular weight is 443 g/mol. The second-order valence-electron chi connectivity index (χ2n) is 6.05. The minimum atomic E-state index is -0.456. The number of aromatic nitrogens is 2. The smallest absolute Gasteiger partial charge is 0.286 e. The first-order valence-corrected chi connectivity index (χ1v) is 10.1. The van der Waals surface area contributed by atoms with Crippen molar-refractivity contribution in [2.24, 2.45) is 0 Å². The lowest BCUT2D eigenvalue weighted by atomic mass is 10.2. The molecule has 0 aliphatic rings. The fourth-order valence-corrected chi connectivity index (χ4v) is 3.30. The number of halogens is 2. The van der Waals surface area contributed by atoms with Crippen LogP contribution in [-0.4, -0.2) is 22.7 Å². The lowest BCUT2D eigenvalue weighted by molar-refractivity contribution is 0.102. The van der Waals surface area contributed by atoms with Crippen molar-refractivity contribution in [3.63, 3.8) is 0 Å². The first-order chi connectivity index (χ1) is 14.5. The van der Waals surface area contributed by atoms with Crippen molar-refractivity contribution in [3.8, 4) is 11.8 Å². The van der Waals surface area contributed by atoms with E-state index in [-0.39, 0.29) is 10.8 Å². The Bertz CT molecular complexity index is 1090. The molecule has 0 fully saturated rings. The average Bonchev–Trinajstić information content (AvgIpc) is 3.24. The molecule has 0 radical (unpaired) electrons. The molecule has 6 nitrogen and oxygen atoms in total. The number of anilines is 1. The molecule has 3 aromatic rings. The van der Waals surface area contributed by atoms with Gasteiger partial charge in [0.1, 0.15) is 11.6 Å². The van der Waals surface area contributed by atoms with Crippen LogP contribution in [0.4, 0.5) is 10.1 Å². The maximum absolute atomic E-state index is 13.0. The highest BCUT2D eigenvalue weighted by molar-refractivity contribution is 7.15. The predicted octanol–water partition coefficient (Wildman–Crippen LogP) is 5.35. The number of amides is 1. The summed E-state index contributed by atoms with van der Waals surface area (Å²) in [6.45, 7) is 0.456. The van der Waals surface area contributed by atoms with Gasteiger partial charge in [0.15, 0.2) is 5.01 Å². The molecule has 3 rings (SSSR count). The van der Waals surface area contributed by atoms with E-state index in [0.29, 0.717) is 40.9 Å². The Kier molecular flexibility index (Phi) is 7.49. The predicted molar refractivity (Wildman–Crippen MR) is 115 cm³/mol. The van der Waals surface area contributed by atoms with E-state index >= 15 is 0 Å².